The number of aliphatic hydroxyl groups excluding tert-OH is 2. The van der Waals surface area contributed by atoms with Crippen molar-refractivity contribution in [3.8, 4) is 5.75 Å². The van der Waals surface area contributed by atoms with Gasteiger partial charge in [0, 0.05) is 36.7 Å². The zero-order valence-corrected chi connectivity index (χ0v) is 20.7. The topological polar surface area (TPSA) is 139 Å². The van der Waals surface area contributed by atoms with Gasteiger partial charge in [-0.25, -0.2) is 4.79 Å². The van der Waals surface area contributed by atoms with Crippen LogP contribution in [0.25, 0.3) is 11.0 Å². The number of aliphatic hydroxyl groups is 2. The number of nitrogens with zero attached hydrogens (tertiary/aromatic N) is 1. The molecule has 0 saturated heterocycles. The molecule has 198 valence electrons. The van der Waals surface area contributed by atoms with Gasteiger partial charge in [-0.1, -0.05) is 36.4 Å². The Morgan fingerprint density at radius 1 is 1.13 bits per heavy atom. The van der Waals surface area contributed by atoms with Crippen LogP contribution in [-0.2, 0) is 9.53 Å². The number of nitrogens with one attached hydrogen (secondary N) is 1. The van der Waals surface area contributed by atoms with E-state index in [-0.39, 0.29) is 31.9 Å². The number of methoxy groups -OCH3 is 1. The van der Waals surface area contributed by atoms with Gasteiger partial charge in [-0.3, -0.25) is 9.59 Å². The lowest BCUT2D eigenvalue weighted by Gasteiger charge is -2.40. The van der Waals surface area contributed by atoms with Crippen molar-refractivity contribution in [3.05, 3.63) is 87.8 Å². The van der Waals surface area contributed by atoms with Crippen LogP contribution in [0.15, 0.2) is 75.5 Å². The Balaban J connectivity index is 1.58. The van der Waals surface area contributed by atoms with E-state index in [2.05, 4.69) is 5.32 Å². The van der Waals surface area contributed by atoms with Gasteiger partial charge in [-0.2, -0.15) is 0 Å². The highest BCUT2D eigenvalue weighted by Crippen LogP contribution is 2.47. The van der Waals surface area contributed by atoms with E-state index in [9.17, 15) is 24.6 Å². The molecule has 0 fully saturated rings. The monoisotopic (exact) mass is 520 g/mol. The molecule has 2 aliphatic rings. The first-order valence-electron chi connectivity index (χ1n) is 12.3. The predicted molar refractivity (Wildman–Crippen MR) is 137 cm³/mol. The standard InChI is InChI=1S/C28H28N2O8/c1-36-13-11-30(27(34)19-14-16-6-2-4-8-21(16)38-28(19)35)20-15-18(26(33)29-10-12-31)23-17-7-3-5-9-22(17)37-25(23)24(20)32/h2-9,14-15,20,23-25,31-32H,10-13H2,1H3,(H,29,33)/t20-,23+,24+,25+/m1/s1. The van der Waals surface area contributed by atoms with Crippen molar-refractivity contribution in [2.75, 3.05) is 33.4 Å². The van der Waals surface area contributed by atoms with E-state index in [1.807, 2.05) is 12.1 Å². The van der Waals surface area contributed by atoms with E-state index in [1.54, 1.807) is 42.5 Å². The van der Waals surface area contributed by atoms with Crippen molar-refractivity contribution in [2.45, 2.75) is 24.2 Å². The van der Waals surface area contributed by atoms with Crippen LogP contribution in [0.2, 0.25) is 0 Å². The van der Waals surface area contributed by atoms with Crippen LogP contribution in [0.4, 0.5) is 0 Å². The number of carbonyl (C=O) groups is 2. The Labute approximate surface area is 218 Å². The molecule has 0 saturated carbocycles. The third-order valence-corrected chi connectivity index (χ3v) is 6.91. The van der Waals surface area contributed by atoms with Crippen molar-refractivity contribution in [2.24, 2.45) is 0 Å². The summed E-state index contributed by atoms with van der Waals surface area (Å²) in [5.41, 5.74) is 0.367. The molecule has 38 heavy (non-hydrogen) atoms. The van der Waals surface area contributed by atoms with Crippen LogP contribution in [0.1, 0.15) is 21.8 Å². The smallest absolute Gasteiger partial charge is 0.349 e. The summed E-state index contributed by atoms with van der Waals surface area (Å²) in [6.07, 6.45) is -0.543. The summed E-state index contributed by atoms with van der Waals surface area (Å²) in [5.74, 6) is -1.17. The van der Waals surface area contributed by atoms with Crippen molar-refractivity contribution in [1.29, 1.82) is 0 Å². The van der Waals surface area contributed by atoms with Crippen molar-refractivity contribution < 1.29 is 33.7 Å². The van der Waals surface area contributed by atoms with Crippen LogP contribution in [0.5, 0.6) is 5.75 Å². The molecule has 2 aromatic carbocycles. The summed E-state index contributed by atoms with van der Waals surface area (Å²) in [6.45, 7) is -0.0746. The maximum atomic E-state index is 13.8. The number of hydrogen-bond donors (Lipinski definition) is 3. The van der Waals surface area contributed by atoms with Gasteiger partial charge in [0.25, 0.3) is 5.91 Å². The summed E-state index contributed by atoms with van der Waals surface area (Å²) in [6, 6.07) is 14.5. The highest BCUT2D eigenvalue weighted by atomic mass is 16.5. The first kappa shape index (κ1) is 25.7. The average Bonchev–Trinajstić information content (AvgIpc) is 3.32. The largest absolute Gasteiger partial charge is 0.486 e. The number of ether oxygens (including phenoxy) is 2. The van der Waals surface area contributed by atoms with Gasteiger partial charge in [-0.15, -0.1) is 0 Å². The second-order valence-electron chi connectivity index (χ2n) is 9.16. The fourth-order valence-electron chi connectivity index (χ4n) is 5.13. The Bertz CT molecular complexity index is 1450. The molecule has 1 aliphatic carbocycles. The van der Waals surface area contributed by atoms with Crippen molar-refractivity contribution in [3.63, 3.8) is 0 Å². The van der Waals surface area contributed by atoms with Crippen LogP contribution in [0, 0.1) is 0 Å². The molecule has 3 aromatic rings. The zero-order valence-electron chi connectivity index (χ0n) is 20.7. The lowest BCUT2D eigenvalue weighted by atomic mass is 9.77. The molecule has 2 amide bonds. The Kier molecular flexibility index (Phi) is 7.28. The van der Waals surface area contributed by atoms with Gasteiger partial charge < -0.3 is 34.3 Å². The summed E-state index contributed by atoms with van der Waals surface area (Å²) in [5, 5.41) is 24.0. The van der Waals surface area contributed by atoms with E-state index in [0.29, 0.717) is 22.3 Å². The number of fused-ring (bicyclic) bond motifs is 4. The fraction of sp³-hybridized carbons (Fsp3) is 0.321. The Morgan fingerprint density at radius 2 is 1.89 bits per heavy atom. The zero-order chi connectivity index (χ0) is 26.8. The molecule has 10 heteroatoms. The van der Waals surface area contributed by atoms with Gasteiger partial charge >= 0.3 is 5.63 Å². The molecular weight excluding hydrogens is 492 g/mol. The fourth-order valence-corrected chi connectivity index (χ4v) is 5.13. The van der Waals surface area contributed by atoms with E-state index in [4.69, 9.17) is 13.9 Å². The summed E-state index contributed by atoms with van der Waals surface area (Å²) in [7, 11) is 1.47. The second kappa shape index (κ2) is 10.8. The minimum absolute atomic E-state index is 0.0235. The number of benzene rings is 2. The van der Waals surface area contributed by atoms with E-state index < -0.39 is 41.6 Å². The van der Waals surface area contributed by atoms with Crippen molar-refractivity contribution >= 4 is 22.8 Å². The molecule has 0 unspecified atom stereocenters. The average molecular weight is 521 g/mol. The van der Waals surface area contributed by atoms with Crippen molar-refractivity contribution in [1.82, 2.24) is 10.2 Å². The van der Waals surface area contributed by atoms with Crippen LogP contribution in [0.3, 0.4) is 0 Å². The Morgan fingerprint density at radius 3 is 2.68 bits per heavy atom. The first-order chi connectivity index (χ1) is 18.4. The van der Waals surface area contributed by atoms with Crippen LogP contribution >= 0.6 is 0 Å². The van der Waals surface area contributed by atoms with E-state index in [1.165, 1.54) is 18.1 Å². The molecule has 0 bridgehead atoms. The number of amides is 2. The van der Waals surface area contributed by atoms with Crippen LogP contribution < -0.4 is 15.7 Å². The second-order valence-corrected chi connectivity index (χ2v) is 9.16. The number of carbonyl (C=O) groups excluding carboxylic acids is 2. The molecule has 0 radical (unpaired) electrons. The highest BCUT2D eigenvalue weighted by molar-refractivity contribution is 5.98. The van der Waals surface area contributed by atoms with Gasteiger partial charge in [0.05, 0.1) is 25.2 Å². The minimum atomic E-state index is -1.23. The lowest BCUT2D eigenvalue weighted by Crippen LogP contribution is -2.56. The quantitative estimate of drug-likeness (QED) is 0.377. The summed E-state index contributed by atoms with van der Waals surface area (Å²) >= 11 is 0. The molecule has 4 atom stereocenters. The van der Waals surface area contributed by atoms with E-state index >= 15 is 0 Å². The molecule has 1 aromatic heterocycles. The van der Waals surface area contributed by atoms with Gasteiger partial charge in [0.15, 0.2) is 0 Å². The molecule has 0 spiro atoms. The molecule has 3 N–H and O–H groups in total. The van der Waals surface area contributed by atoms with E-state index in [0.717, 1.165) is 5.56 Å². The molecule has 5 rings (SSSR count). The summed E-state index contributed by atoms with van der Waals surface area (Å²) in [4.78, 5) is 41.1. The normalized spacial score (nSPS) is 21.7. The third kappa shape index (κ3) is 4.58. The molecule has 10 nitrogen and oxygen atoms in total. The molecule has 1 aliphatic heterocycles. The predicted octanol–water partition coefficient (Wildman–Crippen LogP) is 1.20. The number of rotatable bonds is 8. The maximum Gasteiger partial charge on any atom is 0.349 e. The minimum Gasteiger partial charge on any atom is -0.486 e. The highest BCUT2D eigenvalue weighted by Gasteiger charge is 2.50. The van der Waals surface area contributed by atoms with Gasteiger partial charge in [0.2, 0.25) is 5.91 Å². The maximum absolute atomic E-state index is 13.8. The van der Waals surface area contributed by atoms with Gasteiger partial charge in [0.1, 0.15) is 29.1 Å². The third-order valence-electron chi connectivity index (χ3n) is 6.91. The van der Waals surface area contributed by atoms with Crippen LogP contribution in [-0.4, -0.2) is 78.6 Å². The van der Waals surface area contributed by atoms with Gasteiger partial charge in [-0.05, 0) is 24.3 Å². The molecular formula is C28H28N2O8. The molecule has 2 heterocycles. The Hall–Kier alpha value is -3.99. The SMILES string of the molecule is COCCN(C(=O)c1cc2ccccc2oc1=O)[C@@H]1C=C(C(=O)NCCO)[C@@H]2c3ccccc3O[C@@H]2[C@H]1O. The first-order valence-corrected chi connectivity index (χ1v) is 12.3. The summed E-state index contributed by atoms with van der Waals surface area (Å²) < 4.78 is 16.7. The number of para-hydroxylation sites is 2. The number of hydrogen-bond acceptors (Lipinski definition) is 8. The lowest BCUT2D eigenvalue weighted by molar-refractivity contribution is -0.118.